The Bertz CT molecular complexity index is 1070. The summed E-state index contributed by atoms with van der Waals surface area (Å²) >= 11 is 11.6. The maximum absolute atomic E-state index is 13.3. The van der Waals surface area contributed by atoms with Gasteiger partial charge >= 0.3 is 5.97 Å². The Balaban J connectivity index is 2.08. The van der Waals surface area contributed by atoms with Gasteiger partial charge in [0.1, 0.15) is 12.2 Å². The van der Waals surface area contributed by atoms with Gasteiger partial charge < -0.3 is 19.5 Å². The molecule has 9 heteroatoms. The number of thiocarbonyl (C=S) groups is 1. The normalized spacial score (nSPS) is 15.0. The molecule has 2 aromatic rings. The Kier molecular flexibility index (Phi) is 6.82. The van der Waals surface area contributed by atoms with Gasteiger partial charge in [-0.2, -0.15) is 0 Å². The Morgan fingerprint density at radius 3 is 2.48 bits per heavy atom. The van der Waals surface area contributed by atoms with Crippen LogP contribution in [0.3, 0.4) is 0 Å². The number of benzene rings is 2. The number of hydrogen-bond acceptors (Lipinski definition) is 6. The van der Waals surface area contributed by atoms with Gasteiger partial charge in [-0.3, -0.25) is 14.5 Å². The number of carbonyl (C=O) groups is 2. The van der Waals surface area contributed by atoms with Gasteiger partial charge in [-0.05, 0) is 60.1 Å². The molecule has 0 aliphatic carbocycles. The second-order valence-corrected chi connectivity index (χ2v) is 7.46. The van der Waals surface area contributed by atoms with Crippen molar-refractivity contribution in [1.29, 1.82) is 0 Å². The van der Waals surface area contributed by atoms with Crippen molar-refractivity contribution in [3.05, 3.63) is 58.2 Å². The smallest absolute Gasteiger partial charge is 0.325 e. The van der Waals surface area contributed by atoms with Crippen LogP contribution in [-0.2, 0) is 20.7 Å². The number of aromatic hydroxyl groups is 1. The van der Waals surface area contributed by atoms with E-state index in [0.29, 0.717) is 11.3 Å². The molecule has 0 radical (unpaired) electrons. The van der Waals surface area contributed by atoms with Crippen molar-refractivity contribution in [1.82, 2.24) is 4.90 Å². The first-order chi connectivity index (χ1) is 14.8. The second-order valence-electron chi connectivity index (χ2n) is 6.69. The number of anilines is 1. The molecule has 7 nitrogen and oxygen atoms in total. The number of carbonyl (C=O) groups excluding carboxylic acids is 2. The van der Waals surface area contributed by atoms with Crippen LogP contribution >= 0.6 is 23.8 Å². The largest absolute Gasteiger partial charge is 0.503 e. The standard InChI is InChI=1S/C22H21ClN2O5S/c1-4-13-5-7-15(8-6-13)25-21(28)17(24(22(25)31)12-19(26)30-3)10-14-9-16(23)20(27)18(11-14)29-2/h5-11,27H,4,12H2,1-3H3/b17-10-. The summed E-state index contributed by atoms with van der Waals surface area (Å²) in [5.41, 5.74) is 2.36. The number of phenols is 1. The van der Waals surface area contributed by atoms with Crippen LogP contribution in [0.5, 0.6) is 11.5 Å². The highest BCUT2D eigenvalue weighted by atomic mass is 35.5. The summed E-state index contributed by atoms with van der Waals surface area (Å²) in [4.78, 5) is 28.1. The molecule has 1 aliphatic rings. The lowest BCUT2D eigenvalue weighted by Crippen LogP contribution is -2.35. The minimum Gasteiger partial charge on any atom is -0.503 e. The van der Waals surface area contributed by atoms with Crippen LogP contribution < -0.4 is 9.64 Å². The van der Waals surface area contributed by atoms with Gasteiger partial charge in [0, 0.05) is 0 Å². The molecule has 0 spiro atoms. The molecule has 3 rings (SSSR count). The van der Waals surface area contributed by atoms with Gasteiger partial charge in [0.05, 0.1) is 24.9 Å². The molecular weight excluding hydrogens is 440 g/mol. The molecule has 2 aromatic carbocycles. The van der Waals surface area contributed by atoms with Crippen LogP contribution in [0.25, 0.3) is 6.08 Å². The zero-order valence-corrected chi connectivity index (χ0v) is 18.8. The van der Waals surface area contributed by atoms with E-state index in [1.54, 1.807) is 0 Å². The van der Waals surface area contributed by atoms with E-state index < -0.39 is 11.9 Å². The lowest BCUT2D eigenvalue weighted by Gasteiger charge is -2.19. The van der Waals surface area contributed by atoms with Crippen molar-refractivity contribution < 1.29 is 24.2 Å². The summed E-state index contributed by atoms with van der Waals surface area (Å²) in [7, 11) is 2.65. The molecule has 1 heterocycles. The van der Waals surface area contributed by atoms with Gasteiger partial charge in [0.15, 0.2) is 16.6 Å². The maximum Gasteiger partial charge on any atom is 0.325 e. The molecule has 0 saturated carbocycles. The quantitative estimate of drug-likeness (QED) is 0.399. The van der Waals surface area contributed by atoms with E-state index in [1.807, 2.05) is 31.2 Å². The summed E-state index contributed by atoms with van der Waals surface area (Å²) in [5, 5.41) is 10.2. The van der Waals surface area contributed by atoms with E-state index in [9.17, 15) is 14.7 Å². The van der Waals surface area contributed by atoms with Gasteiger partial charge in [0.2, 0.25) is 0 Å². The fourth-order valence-electron chi connectivity index (χ4n) is 3.13. The van der Waals surface area contributed by atoms with Crippen molar-refractivity contribution in [2.75, 3.05) is 25.7 Å². The summed E-state index contributed by atoms with van der Waals surface area (Å²) in [6.45, 7) is 1.80. The summed E-state index contributed by atoms with van der Waals surface area (Å²) in [6, 6.07) is 10.5. The molecule has 0 aromatic heterocycles. The van der Waals surface area contributed by atoms with Crippen molar-refractivity contribution in [2.45, 2.75) is 13.3 Å². The number of rotatable bonds is 6. The van der Waals surface area contributed by atoms with Gasteiger partial charge in [-0.1, -0.05) is 30.7 Å². The molecule has 1 aliphatic heterocycles. The topological polar surface area (TPSA) is 79.3 Å². The van der Waals surface area contributed by atoms with Crippen molar-refractivity contribution in [2.24, 2.45) is 0 Å². The Hall–Kier alpha value is -3.10. The third-order valence-corrected chi connectivity index (χ3v) is 5.52. The molecule has 1 N–H and O–H groups in total. The summed E-state index contributed by atoms with van der Waals surface area (Å²) < 4.78 is 9.89. The molecule has 1 amide bonds. The van der Waals surface area contributed by atoms with Gasteiger partial charge in [0.25, 0.3) is 5.91 Å². The fraction of sp³-hybridized carbons (Fsp3) is 0.227. The van der Waals surface area contributed by atoms with E-state index in [1.165, 1.54) is 42.2 Å². The van der Waals surface area contributed by atoms with Crippen LogP contribution in [0.4, 0.5) is 5.69 Å². The van der Waals surface area contributed by atoms with Gasteiger partial charge in [-0.25, -0.2) is 0 Å². The van der Waals surface area contributed by atoms with Crippen LogP contribution in [0.2, 0.25) is 5.02 Å². The maximum atomic E-state index is 13.3. The van der Waals surface area contributed by atoms with Crippen molar-refractivity contribution >= 4 is 52.6 Å². The average Bonchev–Trinajstić information content (AvgIpc) is 2.99. The highest BCUT2D eigenvalue weighted by Gasteiger charge is 2.40. The molecule has 1 fully saturated rings. The fourth-order valence-corrected chi connectivity index (χ4v) is 3.70. The highest BCUT2D eigenvalue weighted by Crippen LogP contribution is 2.36. The number of aryl methyl sites for hydroxylation is 1. The number of hydrogen-bond donors (Lipinski definition) is 1. The first-order valence-corrected chi connectivity index (χ1v) is 10.2. The molecule has 1 saturated heterocycles. The number of methoxy groups -OCH3 is 2. The molecule has 31 heavy (non-hydrogen) atoms. The van der Waals surface area contributed by atoms with E-state index in [4.69, 9.17) is 33.3 Å². The van der Waals surface area contributed by atoms with Crippen LogP contribution in [-0.4, -0.2) is 47.8 Å². The number of amides is 1. The zero-order valence-electron chi connectivity index (χ0n) is 17.2. The Labute approximate surface area is 190 Å². The minimum absolute atomic E-state index is 0.0609. The third-order valence-electron chi connectivity index (χ3n) is 4.83. The average molecular weight is 461 g/mol. The van der Waals surface area contributed by atoms with Crippen LogP contribution in [0, 0.1) is 0 Å². The monoisotopic (exact) mass is 460 g/mol. The number of ether oxygens (including phenoxy) is 2. The number of nitrogens with zero attached hydrogens (tertiary/aromatic N) is 2. The van der Waals surface area contributed by atoms with E-state index >= 15 is 0 Å². The van der Waals surface area contributed by atoms with E-state index in [0.717, 1.165) is 12.0 Å². The van der Waals surface area contributed by atoms with Crippen molar-refractivity contribution in [3.8, 4) is 11.5 Å². The zero-order chi connectivity index (χ0) is 22.7. The summed E-state index contributed by atoms with van der Waals surface area (Å²) in [5.74, 6) is -1.01. The van der Waals surface area contributed by atoms with Crippen molar-refractivity contribution in [3.63, 3.8) is 0 Å². The van der Waals surface area contributed by atoms with Crippen LogP contribution in [0.15, 0.2) is 42.1 Å². The first-order valence-electron chi connectivity index (χ1n) is 9.40. The highest BCUT2D eigenvalue weighted by molar-refractivity contribution is 7.80. The molecule has 162 valence electrons. The number of phenolic OH excluding ortho intramolecular Hbond substituents is 1. The number of esters is 1. The summed E-state index contributed by atoms with van der Waals surface area (Å²) in [6.07, 6.45) is 2.40. The molecule has 0 atom stereocenters. The molecule has 0 unspecified atom stereocenters. The predicted octanol–water partition coefficient (Wildman–Crippen LogP) is 3.76. The SMILES string of the molecule is CCc1ccc(N2C(=O)/C(=C/c3cc(Cl)c(O)c(OC)c3)N(CC(=O)OC)C2=S)cc1. The Morgan fingerprint density at radius 2 is 1.90 bits per heavy atom. The first kappa shape index (κ1) is 22.6. The molecule has 0 bridgehead atoms. The van der Waals surface area contributed by atoms with Gasteiger partial charge in [-0.15, -0.1) is 0 Å². The van der Waals surface area contributed by atoms with E-state index in [2.05, 4.69) is 0 Å². The third kappa shape index (κ3) is 4.50. The lowest BCUT2D eigenvalue weighted by molar-refractivity contribution is -0.140. The number of halogens is 1. The molecular formula is C22H21ClN2O5S. The predicted molar refractivity (Wildman–Crippen MR) is 122 cm³/mol. The second kappa shape index (κ2) is 9.36. The Morgan fingerprint density at radius 1 is 1.23 bits per heavy atom. The van der Waals surface area contributed by atoms with E-state index in [-0.39, 0.29) is 33.9 Å². The van der Waals surface area contributed by atoms with Crippen LogP contribution in [0.1, 0.15) is 18.1 Å². The lowest BCUT2D eigenvalue weighted by atomic mass is 10.1. The minimum atomic E-state index is -0.550.